The molecule has 0 saturated carbocycles. The topological polar surface area (TPSA) is 75.3 Å². The van der Waals surface area contributed by atoms with Crippen molar-refractivity contribution in [3.05, 3.63) is 112 Å². The number of hydrogen-bond donors (Lipinski definition) is 0. The van der Waals surface area contributed by atoms with Crippen molar-refractivity contribution < 1.29 is 18.7 Å². The Morgan fingerprint density at radius 3 is 2.48 bits per heavy atom. The van der Waals surface area contributed by atoms with E-state index in [-0.39, 0.29) is 35.0 Å². The molecule has 204 valence electrons. The molecule has 3 aromatic carbocycles. The zero-order valence-corrected chi connectivity index (χ0v) is 22.8. The van der Waals surface area contributed by atoms with Crippen LogP contribution in [0.2, 0.25) is 0 Å². The van der Waals surface area contributed by atoms with Crippen LogP contribution in [0.4, 0.5) is 4.39 Å². The van der Waals surface area contributed by atoms with Crippen molar-refractivity contribution in [3.8, 4) is 22.9 Å². The molecule has 2 heterocycles. The molecule has 0 amide bonds. The highest BCUT2D eigenvalue weighted by Crippen LogP contribution is 2.32. The predicted octanol–water partition coefficient (Wildman–Crippen LogP) is 6.52. The number of ether oxygens (including phenoxy) is 2. The second-order valence-corrected chi connectivity index (χ2v) is 10.0. The lowest BCUT2D eigenvalue weighted by molar-refractivity contribution is 0.0991. The Balaban J connectivity index is 1.43. The number of hydrogen-bond acceptors (Lipinski definition) is 5. The molecular weight excluding hydrogens is 509 g/mol. The van der Waals surface area contributed by atoms with Crippen LogP contribution in [0.5, 0.6) is 17.2 Å². The minimum Gasteiger partial charge on any atom is -0.497 e. The van der Waals surface area contributed by atoms with E-state index in [2.05, 4.69) is 18.8 Å². The number of Topliss-reactive ketones (excluding diaryl/α,β-unsaturated/α-hetero) is 1. The van der Waals surface area contributed by atoms with Crippen LogP contribution >= 0.6 is 0 Å². The average Bonchev–Trinajstić information content (AvgIpc) is 3.18. The van der Waals surface area contributed by atoms with Gasteiger partial charge in [0, 0.05) is 30.2 Å². The molecule has 0 aliphatic rings. The minimum atomic E-state index is -0.617. The fraction of sp³-hybridized carbons (Fsp3) is 0.219. The SMILES string of the molecule is COc1ccc2nccc(Oc3ccc(CC(=O)c4c(C)n(CC(C)C)n(-c5ccccc5)c4=O)cc3F)c2c1. The lowest BCUT2D eigenvalue weighted by atomic mass is 10.0. The van der Waals surface area contributed by atoms with Crippen LogP contribution in [0.3, 0.4) is 0 Å². The second kappa shape index (κ2) is 11.2. The van der Waals surface area contributed by atoms with Crippen molar-refractivity contribution in [2.45, 2.75) is 33.7 Å². The molecule has 0 radical (unpaired) electrons. The van der Waals surface area contributed by atoms with E-state index in [0.717, 1.165) is 0 Å². The van der Waals surface area contributed by atoms with Gasteiger partial charge in [0.2, 0.25) is 0 Å². The van der Waals surface area contributed by atoms with Gasteiger partial charge in [-0.05, 0) is 66.9 Å². The van der Waals surface area contributed by atoms with Gasteiger partial charge >= 0.3 is 0 Å². The first-order valence-corrected chi connectivity index (χ1v) is 13.1. The van der Waals surface area contributed by atoms with Crippen molar-refractivity contribution in [2.75, 3.05) is 7.11 Å². The van der Waals surface area contributed by atoms with E-state index >= 15 is 4.39 Å². The number of aromatic nitrogens is 3. The summed E-state index contributed by atoms with van der Waals surface area (Å²) in [5, 5.41) is 0.677. The van der Waals surface area contributed by atoms with Gasteiger partial charge in [-0.25, -0.2) is 9.07 Å². The first-order valence-electron chi connectivity index (χ1n) is 13.1. The third kappa shape index (κ3) is 5.25. The first-order chi connectivity index (χ1) is 19.3. The number of benzene rings is 3. The van der Waals surface area contributed by atoms with Gasteiger partial charge < -0.3 is 9.47 Å². The van der Waals surface area contributed by atoms with E-state index in [1.807, 2.05) is 35.0 Å². The molecule has 0 aliphatic heterocycles. The molecule has 0 aliphatic carbocycles. The number of halogens is 1. The maximum absolute atomic E-state index is 15.2. The standard InChI is InChI=1S/C32H30FN3O4/c1-20(2)19-35-21(3)31(32(38)36(35)23-8-6-5-7-9-23)28(37)17-22-10-13-30(26(33)16-22)40-29-14-15-34-27-12-11-24(39-4)18-25(27)29/h5-16,18,20H,17,19H2,1-4H3. The first kappa shape index (κ1) is 26.9. The van der Waals surface area contributed by atoms with Crippen LogP contribution in [-0.2, 0) is 13.0 Å². The van der Waals surface area contributed by atoms with Crippen LogP contribution in [0, 0.1) is 18.7 Å². The summed E-state index contributed by atoms with van der Waals surface area (Å²) < 4.78 is 29.8. The Bertz CT molecular complexity index is 1760. The fourth-order valence-corrected chi connectivity index (χ4v) is 4.81. The molecule has 0 atom stereocenters. The van der Waals surface area contributed by atoms with Gasteiger partial charge in [-0.1, -0.05) is 38.1 Å². The van der Waals surface area contributed by atoms with Crippen LogP contribution in [0.1, 0.15) is 35.5 Å². The third-order valence-electron chi connectivity index (χ3n) is 6.70. The summed E-state index contributed by atoms with van der Waals surface area (Å²) in [6, 6.07) is 20.7. The second-order valence-electron chi connectivity index (χ2n) is 10.0. The van der Waals surface area contributed by atoms with Gasteiger partial charge in [0.25, 0.3) is 5.56 Å². The third-order valence-corrected chi connectivity index (χ3v) is 6.70. The number of carbonyl (C=O) groups excluding carboxylic acids is 1. The molecule has 5 rings (SSSR count). The highest BCUT2D eigenvalue weighted by molar-refractivity contribution is 5.98. The number of ketones is 1. The Kier molecular flexibility index (Phi) is 7.51. The number of rotatable bonds is 9. The van der Waals surface area contributed by atoms with Gasteiger partial charge in [0.1, 0.15) is 17.1 Å². The van der Waals surface area contributed by atoms with Crippen LogP contribution in [-0.4, -0.2) is 27.2 Å². The summed E-state index contributed by atoms with van der Waals surface area (Å²) in [5.41, 5.74) is 2.13. The molecule has 0 spiro atoms. The lowest BCUT2D eigenvalue weighted by Crippen LogP contribution is -2.25. The Morgan fingerprint density at radius 1 is 1.00 bits per heavy atom. The molecule has 40 heavy (non-hydrogen) atoms. The number of fused-ring (bicyclic) bond motifs is 1. The van der Waals surface area contributed by atoms with Crippen LogP contribution in [0.15, 0.2) is 83.8 Å². The zero-order chi connectivity index (χ0) is 28.4. The molecule has 0 fully saturated rings. The molecule has 8 heteroatoms. The summed E-state index contributed by atoms with van der Waals surface area (Å²) in [6.07, 6.45) is 1.47. The Hall–Kier alpha value is -4.72. The zero-order valence-electron chi connectivity index (χ0n) is 22.8. The van der Waals surface area contributed by atoms with Gasteiger partial charge in [-0.15, -0.1) is 0 Å². The summed E-state index contributed by atoms with van der Waals surface area (Å²) >= 11 is 0. The fourth-order valence-electron chi connectivity index (χ4n) is 4.81. The predicted molar refractivity (Wildman–Crippen MR) is 152 cm³/mol. The van der Waals surface area contributed by atoms with E-state index < -0.39 is 5.82 Å². The smallest absolute Gasteiger partial charge is 0.282 e. The number of nitrogens with zero attached hydrogens (tertiary/aromatic N) is 3. The van der Waals surface area contributed by atoms with E-state index in [9.17, 15) is 9.59 Å². The molecule has 0 N–H and O–H groups in total. The Morgan fingerprint density at radius 2 is 1.77 bits per heavy atom. The van der Waals surface area contributed by atoms with Crippen molar-refractivity contribution in [3.63, 3.8) is 0 Å². The number of carbonyl (C=O) groups is 1. The summed E-state index contributed by atoms with van der Waals surface area (Å²) in [7, 11) is 1.56. The number of para-hydroxylation sites is 1. The van der Waals surface area contributed by atoms with Crippen molar-refractivity contribution in [2.24, 2.45) is 5.92 Å². The normalized spacial score (nSPS) is 11.2. The van der Waals surface area contributed by atoms with Crippen LogP contribution in [0.25, 0.3) is 16.6 Å². The summed E-state index contributed by atoms with van der Waals surface area (Å²) in [6.45, 7) is 6.46. The molecular formula is C32H30FN3O4. The molecule has 0 saturated heterocycles. The van der Waals surface area contributed by atoms with Gasteiger partial charge in [0.15, 0.2) is 17.3 Å². The molecule has 5 aromatic rings. The summed E-state index contributed by atoms with van der Waals surface area (Å²) in [5.74, 6) is 0.337. The minimum absolute atomic E-state index is 0.0113. The molecule has 0 unspecified atom stereocenters. The average molecular weight is 540 g/mol. The van der Waals surface area contributed by atoms with Gasteiger partial charge in [-0.2, -0.15) is 0 Å². The maximum atomic E-state index is 15.2. The Labute approximate surface area is 231 Å². The van der Waals surface area contributed by atoms with E-state index in [1.165, 1.54) is 12.1 Å². The quantitative estimate of drug-likeness (QED) is 0.200. The van der Waals surface area contributed by atoms with Gasteiger partial charge in [0.05, 0.1) is 18.3 Å². The number of methoxy groups -OCH3 is 1. The molecule has 0 bridgehead atoms. The van der Waals surface area contributed by atoms with Crippen molar-refractivity contribution in [1.29, 1.82) is 0 Å². The largest absolute Gasteiger partial charge is 0.497 e. The monoisotopic (exact) mass is 539 g/mol. The molecule has 2 aromatic heterocycles. The highest BCUT2D eigenvalue weighted by atomic mass is 19.1. The van der Waals surface area contributed by atoms with E-state index in [1.54, 1.807) is 55.2 Å². The van der Waals surface area contributed by atoms with E-state index in [4.69, 9.17) is 9.47 Å². The van der Waals surface area contributed by atoms with Crippen molar-refractivity contribution >= 4 is 16.7 Å². The van der Waals surface area contributed by atoms with Gasteiger partial charge in [-0.3, -0.25) is 19.3 Å². The summed E-state index contributed by atoms with van der Waals surface area (Å²) in [4.78, 5) is 31.3. The highest BCUT2D eigenvalue weighted by Gasteiger charge is 2.24. The lowest BCUT2D eigenvalue weighted by Gasteiger charge is -2.15. The maximum Gasteiger partial charge on any atom is 0.282 e. The number of pyridine rings is 1. The molecule has 7 nitrogen and oxygen atoms in total. The van der Waals surface area contributed by atoms with Crippen LogP contribution < -0.4 is 15.0 Å². The van der Waals surface area contributed by atoms with Crippen molar-refractivity contribution in [1.82, 2.24) is 14.3 Å². The van der Waals surface area contributed by atoms with E-state index in [0.29, 0.717) is 45.9 Å².